The van der Waals surface area contributed by atoms with E-state index in [0.29, 0.717) is 18.4 Å². The van der Waals surface area contributed by atoms with Crippen molar-refractivity contribution in [3.8, 4) is 0 Å². The zero-order chi connectivity index (χ0) is 10.7. The summed E-state index contributed by atoms with van der Waals surface area (Å²) in [6.45, 7) is 2.90. The van der Waals surface area contributed by atoms with Crippen molar-refractivity contribution >= 4 is 0 Å². The molecule has 0 unspecified atom stereocenters. The fraction of sp³-hybridized carbons (Fsp3) is 0.800. The van der Waals surface area contributed by atoms with Crippen LogP contribution in [0.4, 0.5) is 0 Å². The summed E-state index contributed by atoms with van der Waals surface area (Å²) in [5, 5.41) is 7.04. The quantitative estimate of drug-likeness (QED) is 0.791. The van der Waals surface area contributed by atoms with Crippen LogP contribution in [-0.4, -0.2) is 42.2 Å². The Morgan fingerprint density at radius 1 is 1.47 bits per heavy atom. The number of piperidine rings is 1. The summed E-state index contributed by atoms with van der Waals surface area (Å²) in [7, 11) is 4.03. The maximum absolute atomic E-state index is 5.15. The van der Waals surface area contributed by atoms with Crippen LogP contribution in [0.5, 0.6) is 0 Å². The van der Waals surface area contributed by atoms with Crippen molar-refractivity contribution in [2.24, 2.45) is 0 Å². The van der Waals surface area contributed by atoms with Gasteiger partial charge < -0.3 is 14.7 Å². The standard InChI is InChI=1S/C10H18N4O/c1-11-7-9-12-10(13-15-9)8-3-5-14(2)6-4-8/h8,11H,3-7H2,1-2H3. The summed E-state index contributed by atoms with van der Waals surface area (Å²) in [5.41, 5.74) is 0. The highest BCUT2D eigenvalue weighted by Gasteiger charge is 2.22. The number of hydrogen-bond donors (Lipinski definition) is 1. The minimum absolute atomic E-state index is 0.482. The van der Waals surface area contributed by atoms with Gasteiger partial charge in [-0.15, -0.1) is 0 Å². The van der Waals surface area contributed by atoms with Gasteiger partial charge in [0.25, 0.3) is 0 Å². The highest BCUT2D eigenvalue weighted by molar-refractivity contribution is 4.97. The van der Waals surface area contributed by atoms with Gasteiger partial charge in [0.05, 0.1) is 6.54 Å². The van der Waals surface area contributed by atoms with Crippen molar-refractivity contribution in [1.29, 1.82) is 0 Å². The zero-order valence-electron chi connectivity index (χ0n) is 9.36. The van der Waals surface area contributed by atoms with Crippen molar-refractivity contribution in [2.75, 3.05) is 27.2 Å². The van der Waals surface area contributed by atoms with Gasteiger partial charge in [0.15, 0.2) is 5.82 Å². The molecule has 0 spiro atoms. The molecule has 0 saturated carbocycles. The van der Waals surface area contributed by atoms with Crippen LogP contribution in [0.25, 0.3) is 0 Å². The average molecular weight is 210 g/mol. The molecule has 1 fully saturated rings. The average Bonchev–Trinajstić information content (AvgIpc) is 2.68. The molecule has 1 N–H and O–H groups in total. The van der Waals surface area contributed by atoms with Crippen LogP contribution in [0, 0.1) is 0 Å². The first-order valence-corrected chi connectivity index (χ1v) is 5.45. The lowest BCUT2D eigenvalue weighted by molar-refractivity contribution is 0.248. The lowest BCUT2D eigenvalue weighted by Crippen LogP contribution is -2.29. The fourth-order valence-corrected chi connectivity index (χ4v) is 1.92. The second-order valence-corrected chi connectivity index (χ2v) is 4.15. The van der Waals surface area contributed by atoms with E-state index < -0.39 is 0 Å². The first kappa shape index (κ1) is 10.6. The number of nitrogens with zero attached hydrogens (tertiary/aromatic N) is 3. The van der Waals surface area contributed by atoms with Gasteiger partial charge in [-0.3, -0.25) is 0 Å². The summed E-state index contributed by atoms with van der Waals surface area (Å²) in [4.78, 5) is 6.73. The van der Waals surface area contributed by atoms with Crippen LogP contribution in [0.2, 0.25) is 0 Å². The third kappa shape index (κ3) is 2.54. The Hall–Kier alpha value is -0.940. The van der Waals surface area contributed by atoms with Crippen LogP contribution in [0.3, 0.4) is 0 Å². The Morgan fingerprint density at radius 3 is 2.87 bits per heavy atom. The molecule has 1 saturated heterocycles. The molecule has 1 aromatic heterocycles. The molecule has 0 radical (unpaired) electrons. The molecular formula is C10H18N4O. The molecule has 2 rings (SSSR count). The van der Waals surface area contributed by atoms with E-state index in [-0.39, 0.29) is 0 Å². The highest BCUT2D eigenvalue weighted by atomic mass is 16.5. The molecular weight excluding hydrogens is 192 g/mol. The van der Waals surface area contributed by atoms with Crippen LogP contribution in [-0.2, 0) is 6.54 Å². The fourth-order valence-electron chi connectivity index (χ4n) is 1.92. The minimum atomic E-state index is 0.482. The predicted molar refractivity (Wildman–Crippen MR) is 56.5 cm³/mol. The molecule has 1 aromatic rings. The largest absolute Gasteiger partial charge is 0.338 e. The molecule has 84 valence electrons. The molecule has 0 aliphatic carbocycles. The number of nitrogens with one attached hydrogen (secondary N) is 1. The van der Waals surface area contributed by atoms with Crippen LogP contribution >= 0.6 is 0 Å². The van der Waals surface area contributed by atoms with Gasteiger partial charge in [-0.2, -0.15) is 4.98 Å². The summed E-state index contributed by atoms with van der Waals surface area (Å²) in [6, 6.07) is 0. The molecule has 15 heavy (non-hydrogen) atoms. The molecule has 0 atom stereocenters. The van der Waals surface area contributed by atoms with Gasteiger partial charge in [-0.25, -0.2) is 0 Å². The predicted octanol–water partition coefficient (Wildman–Crippen LogP) is 0.598. The minimum Gasteiger partial charge on any atom is -0.338 e. The smallest absolute Gasteiger partial charge is 0.240 e. The molecule has 1 aliphatic heterocycles. The third-order valence-electron chi connectivity index (χ3n) is 2.90. The summed E-state index contributed by atoms with van der Waals surface area (Å²) >= 11 is 0. The van der Waals surface area contributed by atoms with Crippen LogP contribution in [0.15, 0.2) is 4.52 Å². The van der Waals surface area contributed by atoms with Gasteiger partial charge in [0.1, 0.15) is 0 Å². The molecule has 0 amide bonds. The molecule has 0 aromatic carbocycles. The van der Waals surface area contributed by atoms with Gasteiger partial charge >= 0.3 is 0 Å². The van der Waals surface area contributed by atoms with Crippen molar-refractivity contribution in [2.45, 2.75) is 25.3 Å². The van der Waals surface area contributed by atoms with Gasteiger partial charge in [0, 0.05) is 5.92 Å². The third-order valence-corrected chi connectivity index (χ3v) is 2.90. The molecule has 5 nitrogen and oxygen atoms in total. The Bertz CT molecular complexity index is 304. The van der Waals surface area contributed by atoms with E-state index in [9.17, 15) is 0 Å². The maximum Gasteiger partial charge on any atom is 0.240 e. The van der Waals surface area contributed by atoms with E-state index in [1.807, 2.05) is 7.05 Å². The van der Waals surface area contributed by atoms with Crippen molar-refractivity contribution in [1.82, 2.24) is 20.4 Å². The monoisotopic (exact) mass is 210 g/mol. The first-order valence-electron chi connectivity index (χ1n) is 5.45. The number of hydrogen-bond acceptors (Lipinski definition) is 5. The normalized spacial score (nSPS) is 19.6. The van der Waals surface area contributed by atoms with Gasteiger partial charge in [0.2, 0.25) is 5.89 Å². The Labute approximate surface area is 89.8 Å². The molecule has 0 bridgehead atoms. The van der Waals surface area contributed by atoms with Crippen LogP contribution in [0.1, 0.15) is 30.5 Å². The number of aromatic nitrogens is 2. The SMILES string of the molecule is CNCc1nc(C2CCN(C)CC2)no1. The molecule has 2 heterocycles. The first-order chi connectivity index (χ1) is 7.29. The van der Waals surface area contributed by atoms with Crippen molar-refractivity contribution in [3.05, 3.63) is 11.7 Å². The lowest BCUT2D eigenvalue weighted by atomic mass is 9.97. The van der Waals surface area contributed by atoms with E-state index >= 15 is 0 Å². The second kappa shape index (κ2) is 4.72. The van der Waals surface area contributed by atoms with Crippen LogP contribution < -0.4 is 5.32 Å². The molecule has 1 aliphatic rings. The van der Waals surface area contributed by atoms with Gasteiger partial charge in [-0.05, 0) is 40.0 Å². The van der Waals surface area contributed by atoms with E-state index in [4.69, 9.17) is 4.52 Å². The van der Waals surface area contributed by atoms with Gasteiger partial charge in [-0.1, -0.05) is 5.16 Å². The maximum atomic E-state index is 5.15. The summed E-state index contributed by atoms with van der Waals surface area (Å²) in [6.07, 6.45) is 2.27. The zero-order valence-corrected chi connectivity index (χ0v) is 9.36. The van der Waals surface area contributed by atoms with E-state index in [0.717, 1.165) is 31.8 Å². The highest BCUT2D eigenvalue weighted by Crippen LogP contribution is 2.24. The number of rotatable bonds is 3. The summed E-state index contributed by atoms with van der Waals surface area (Å²) < 4.78 is 5.15. The Kier molecular flexibility index (Phi) is 3.33. The number of likely N-dealkylation sites (tertiary alicyclic amines) is 1. The van der Waals surface area contributed by atoms with Crippen molar-refractivity contribution in [3.63, 3.8) is 0 Å². The van der Waals surface area contributed by atoms with E-state index in [2.05, 4.69) is 27.4 Å². The topological polar surface area (TPSA) is 54.2 Å². The van der Waals surface area contributed by atoms with E-state index in [1.165, 1.54) is 0 Å². The second-order valence-electron chi connectivity index (χ2n) is 4.15. The van der Waals surface area contributed by atoms with Crippen molar-refractivity contribution < 1.29 is 4.52 Å². The molecule has 5 heteroatoms. The van der Waals surface area contributed by atoms with E-state index in [1.54, 1.807) is 0 Å². The Morgan fingerprint density at radius 2 is 2.20 bits per heavy atom. The summed E-state index contributed by atoms with van der Waals surface area (Å²) in [5.74, 6) is 2.05. The Balaban J connectivity index is 1.96. The lowest BCUT2D eigenvalue weighted by Gasteiger charge is -2.26.